The molecular formula is C10H14N2O2. The van der Waals surface area contributed by atoms with E-state index in [-0.39, 0.29) is 6.54 Å². The van der Waals surface area contributed by atoms with Crippen LogP contribution in [-0.2, 0) is 4.79 Å². The summed E-state index contributed by atoms with van der Waals surface area (Å²) in [5, 5.41) is 11.3. The standard InChI is InChI=1S/C10H14N2O2/c1-6-4-9(12-5-10(13)14)7(2)3-8(6)11/h3-4,12H,5,11H2,1-2H3,(H,13,14). The number of carboxylic acid groups (broad SMARTS) is 1. The Morgan fingerprint density at radius 1 is 1.43 bits per heavy atom. The zero-order valence-corrected chi connectivity index (χ0v) is 8.29. The highest BCUT2D eigenvalue weighted by atomic mass is 16.4. The van der Waals surface area contributed by atoms with Crippen molar-refractivity contribution < 1.29 is 9.90 Å². The van der Waals surface area contributed by atoms with E-state index in [1.807, 2.05) is 26.0 Å². The van der Waals surface area contributed by atoms with Crippen LogP contribution in [-0.4, -0.2) is 17.6 Å². The normalized spacial score (nSPS) is 9.86. The van der Waals surface area contributed by atoms with E-state index >= 15 is 0 Å². The van der Waals surface area contributed by atoms with Crippen molar-refractivity contribution in [3.63, 3.8) is 0 Å². The number of nitrogen functional groups attached to an aromatic ring is 1. The van der Waals surface area contributed by atoms with Crippen LogP contribution in [0.25, 0.3) is 0 Å². The molecule has 4 N–H and O–H groups in total. The van der Waals surface area contributed by atoms with Gasteiger partial charge in [-0.05, 0) is 37.1 Å². The SMILES string of the molecule is Cc1cc(NCC(=O)O)c(C)cc1N. The molecule has 0 aromatic heterocycles. The van der Waals surface area contributed by atoms with Gasteiger partial charge in [0.05, 0.1) is 0 Å². The van der Waals surface area contributed by atoms with Crippen molar-refractivity contribution in [2.24, 2.45) is 0 Å². The summed E-state index contributed by atoms with van der Waals surface area (Å²) in [4.78, 5) is 10.3. The van der Waals surface area contributed by atoms with E-state index in [1.54, 1.807) is 0 Å². The van der Waals surface area contributed by atoms with Gasteiger partial charge in [0.1, 0.15) is 6.54 Å². The fourth-order valence-electron chi connectivity index (χ4n) is 1.20. The van der Waals surface area contributed by atoms with E-state index in [2.05, 4.69) is 5.32 Å². The van der Waals surface area contributed by atoms with Crippen LogP contribution in [0.1, 0.15) is 11.1 Å². The number of rotatable bonds is 3. The number of hydrogen-bond donors (Lipinski definition) is 3. The highest BCUT2D eigenvalue weighted by Gasteiger charge is 2.03. The number of aryl methyl sites for hydroxylation is 2. The zero-order chi connectivity index (χ0) is 10.7. The predicted octanol–water partition coefficient (Wildman–Crippen LogP) is 1.38. The molecule has 76 valence electrons. The number of carboxylic acids is 1. The van der Waals surface area contributed by atoms with Crippen molar-refractivity contribution in [1.29, 1.82) is 0 Å². The van der Waals surface area contributed by atoms with Gasteiger partial charge in [-0.2, -0.15) is 0 Å². The average molecular weight is 194 g/mol. The lowest BCUT2D eigenvalue weighted by Gasteiger charge is -2.10. The average Bonchev–Trinajstić information content (AvgIpc) is 2.09. The summed E-state index contributed by atoms with van der Waals surface area (Å²) in [6, 6.07) is 3.69. The Morgan fingerprint density at radius 2 is 2.07 bits per heavy atom. The molecule has 0 heterocycles. The van der Waals surface area contributed by atoms with Crippen molar-refractivity contribution in [1.82, 2.24) is 0 Å². The number of aliphatic carboxylic acids is 1. The number of nitrogens with one attached hydrogen (secondary N) is 1. The van der Waals surface area contributed by atoms with E-state index < -0.39 is 5.97 Å². The molecule has 0 unspecified atom stereocenters. The third-order valence-corrected chi connectivity index (χ3v) is 2.04. The van der Waals surface area contributed by atoms with E-state index in [0.29, 0.717) is 0 Å². The van der Waals surface area contributed by atoms with Crippen LogP contribution in [0, 0.1) is 13.8 Å². The molecule has 0 amide bonds. The molecule has 0 aliphatic heterocycles. The van der Waals surface area contributed by atoms with Gasteiger partial charge in [-0.3, -0.25) is 4.79 Å². The van der Waals surface area contributed by atoms with Gasteiger partial charge in [-0.25, -0.2) is 0 Å². The van der Waals surface area contributed by atoms with Crippen molar-refractivity contribution in [2.45, 2.75) is 13.8 Å². The van der Waals surface area contributed by atoms with Crippen LogP contribution < -0.4 is 11.1 Å². The van der Waals surface area contributed by atoms with Crippen LogP contribution in [0.2, 0.25) is 0 Å². The van der Waals surface area contributed by atoms with E-state index in [4.69, 9.17) is 10.8 Å². The van der Waals surface area contributed by atoms with E-state index in [1.165, 1.54) is 0 Å². The highest BCUT2D eigenvalue weighted by Crippen LogP contribution is 2.21. The van der Waals surface area contributed by atoms with Gasteiger partial charge in [0, 0.05) is 11.4 Å². The summed E-state index contributed by atoms with van der Waals surface area (Å²) >= 11 is 0. The maximum atomic E-state index is 10.3. The summed E-state index contributed by atoms with van der Waals surface area (Å²) in [5.41, 5.74) is 9.15. The first-order chi connectivity index (χ1) is 6.50. The van der Waals surface area contributed by atoms with Crippen LogP contribution in [0.15, 0.2) is 12.1 Å². The number of anilines is 2. The van der Waals surface area contributed by atoms with Crippen molar-refractivity contribution in [3.05, 3.63) is 23.3 Å². The molecule has 4 nitrogen and oxygen atoms in total. The Bertz CT molecular complexity index is 361. The van der Waals surface area contributed by atoms with Crippen LogP contribution in [0.3, 0.4) is 0 Å². The fraction of sp³-hybridized carbons (Fsp3) is 0.300. The van der Waals surface area contributed by atoms with Gasteiger partial charge in [0.15, 0.2) is 0 Å². The minimum Gasteiger partial charge on any atom is -0.480 e. The third kappa shape index (κ3) is 2.39. The summed E-state index contributed by atoms with van der Waals surface area (Å²) in [6.07, 6.45) is 0. The van der Waals surface area contributed by atoms with Gasteiger partial charge >= 0.3 is 5.97 Å². The number of hydrogen-bond acceptors (Lipinski definition) is 3. The lowest BCUT2D eigenvalue weighted by molar-refractivity contribution is -0.134. The monoisotopic (exact) mass is 194 g/mol. The lowest BCUT2D eigenvalue weighted by atomic mass is 10.1. The van der Waals surface area contributed by atoms with Gasteiger partial charge < -0.3 is 16.2 Å². The quantitative estimate of drug-likeness (QED) is 0.635. The highest BCUT2D eigenvalue weighted by molar-refractivity contribution is 5.74. The van der Waals surface area contributed by atoms with Gasteiger partial charge in [-0.1, -0.05) is 0 Å². The molecule has 14 heavy (non-hydrogen) atoms. The first-order valence-corrected chi connectivity index (χ1v) is 4.33. The fourth-order valence-corrected chi connectivity index (χ4v) is 1.20. The Morgan fingerprint density at radius 3 is 2.64 bits per heavy atom. The smallest absolute Gasteiger partial charge is 0.322 e. The molecule has 0 saturated heterocycles. The molecule has 0 spiro atoms. The molecule has 1 rings (SSSR count). The first-order valence-electron chi connectivity index (χ1n) is 4.33. The van der Waals surface area contributed by atoms with E-state index in [0.717, 1.165) is 22.5 Å². The largest absolute Gasteiger partial charge is 0.480 e. The lowest BCUT2D eigenvalue weighted by Crippen LogP contribution is -2.13. The molecule has 0 aliphatic carbocycles. The Labute approximate surface area is 82.7 Å². The summed E-state index contributed by atoms with van der Waals surface area (Å²) < 4.78 is 0. The zero-order valence-electron chi connectivity index (χ0n) is 8.29. The second-order valence-corrected chi connectivity index (χ2v) is 3.27. The molecule has 0 atom stereocenters. The Balaban J connectivity index is 2.87. The van der Waals surface area contributed by atoms with Crippen molar-refractivity contribution >= 4 is 17.3 Å². The van der Waals surface area contributed by atoms with Crippen LogP contribution >= 0.6 is 0 Å². The molecule has 1 aromatic rings. The minimum absolute atomic E-state index is 0.0792. The summed E-state index contributed by atoms with van der Waals surface area (Å²) in [5.74, 6) is -0.876. The molecule has 4 heteroatoms. The second kappa shape index (κ2) is 4.00. The van der Waals surface area contributed by atoms with Crippen molar-refractivity contribution in [3.8, 4) is 0 Å². The Kier molecular flexibility index (Phi) is 2.96. The second-order valence-electron chi connectivity index (χ2n) is 3.27. The number of benzene rings is 1. The maximum Gasteiger partial charge on any atom is 0.322 e. The molecule has 0 aliphatic rings. The van der Waals surface area contributed by atoms with Gasteiger partial charge in [-0.15, -0.1) is 0 Å². The molecule has 0 saturated carbocycles. The summed E-state index contributed by atoms with van der Waals surface area (Å²) in [6.45, 7) is 3.70. The third-order valence-electron chi connectivity index (χ3n) is 2.04. The molecule has 0 bridgehead atoms. The topological polar surface area (TPSA) is 75.3 Å². The molecular weight excluding hydrogens is 180 g/mol. The van der Waals surface area contributed by atoms with Crippen molar-refractivity contribution in [2.75, 3.05) is 17.6 Å². The maximum absolute atomic E-state index is 10.3. The number of carbonyl (C=O) groups is 1. The van der Waals surface area contributed by atoms with E-state index in [9.17, 15) is 4.79 Å². The van der Waals surface area contributed by atoms with Gasteiger partial charge in [0.2, 0.25) is 0 Å². The predicted molar refractivity (Wildman–Crippen MR) is 56.5 cm³/mol. The van der Waals surface area contributed by atoms with Gasteiger partial charge in [0.25, 0.3) is 0 Å². The van der Waals surface area contributed by atoms with Crippen LogP contribution in [0.5, 0.6) is 0 Å². The minimum atomic E-state index is -0.876. The molecule has 0 radical (unpaired) electrons. The van der Waals surface area contributed by atoms with Crippen LogP contribution in [0.4, 0.5) is 11.4 Å². The summed E-state index contributed by atoms with van der Waals surface area (Å²) in [7, 11) is 0. The number of nitrogens with two attached hydrogens (primary N) is 1. The Hall–Kier alpha value is -1.71. The molecule has 1 aromatic carbocycles. The first kappa shape index (κ1) is 10.4. The molecule has 0 fully saturated rings.